The van der Waals surface area contributed by atoms with Crippen molar-refractivity contribution in [3.8, 4) is 0 Å². The Morgan fingerprint density at radius 3 is 2.71 bits per heavy atom. The summed E-state index contributed by atoms with van der Waals surface area (Å²) in [6.07, 6.45) is 0. The van der Waals surface area contributed by atoms with E-state index >= 15 is 0 Å². The van der Waals surface area contributed by atoms with Crippen molar-refractivity contribution in [1.29, 1.82) is 0 Å². The number of aromatic nitrogens is 1. The van der Waals surface area contributed by atoms with Crippen LogP contribution in [-0.4, -0.2) is 61.1 Å². The zero-order chi connectivity index (χ0) is 14.5. The van der Waals surface area contributed by atoms with E-state index in [1.54, 1.807) is 0 Å². The largest absolute Gasteiger partial charge is 0.310 e. The van der Waals surface area contributed by atoms with Crippen molar-refractivity contribution >= 4 is 10.9 Å². The summed E-state index contributed by atoms with van der Waals surface area (Å²) in [5.41, 5.74) is 2.20. The molecule has 2 aromatic rings. The molecule has 1 saturated heterocycles. The van der Waals surface area contributed by atoms with Crippen LogP contribution in [0.15, 0.2) is 36.4 Å². The van der Waals surface area contributed by atoms with Gasteiger partial charge in [-0.2, -0.15) is 0 Å². The minimum Gasteiger partial charge on any atom is -0.310 e. The van der Waals surface area contributed by atoms with Crippen molar-refractivity contribution < 1.29 is 0 Å². The molecule has 0 spiro atoms. The number of para-hydroxylation sites is 1. The van der Waals surface area contributed by atoms with E-state index in [1.807, 2.05) is 6.07 Å². The molecule has 2 heterocycles. The lowest BCUT2D eigenvalue weighted by molar-refractivity contribution is 0.154. The molecule has 112 valence electrons. The van der Waals surface area contributed by atoms with Gasteiger partial charge in [-0.25, -0.2) is 0 Å². The number of nitrogens with zero attached hydrogens (tertiary/aromatic N) is 3. The van der Waals surface area contributed by atoms with E-state index in [4.69, 9.17) is 0 Å². The second-order valence-corrected chi connectivity index (χ2v) is 5.82. The minimum atomic E-state index is 0.846. The summed E-state index contributed by atoms with van der Waals surface area (Å²) in [5, 5.41) is 4.71. The normalized spacial score (nSPS) is 17.4. The van der Waals surface area contributed by atoms with Crippen molar-refractivity contribution in [2.45, 2.75) is 6.54 Å². The third-order valence-corrected chi connectivity index (χ3v) is 4.16. The zero-order valence-electron chi connectivity index (χ0n) is 12.8. The molecule has 1 aliphatic heterocycles. The second kappa shape index (κ2) is 6.98. The minimum absolute atomic E-state index is 0.846. The van der Waals surface area contributed by atoms with Gasteiger partial charge in [0, 0.05) is 51.2 Å². The molecule has 3 rings (SSSR count). The molecule has 0 saturated carbocycles. The van der Waals surface area contributed by atoms with Crippen LogP contribution in [0.1, 0.15) is 5.69 Å². The van der Waals surface area contributed by atoms with E-state index in [9.17, 15) is 0 Å². The van der Waals surface area contributed by atoms with Gasteiger partial charge in [0.1, 0.15) is 0 Å². The summed E-state index contributed by atoms with van der Waals surface area (Å²) >= 11 is 0. The molecule has 0 unspecified atom stereocenters. The molecule has 0 amide bonds. The molecule has 1 fully saturated rings. The number of pyridine rings is 1. The fourth-order valence-corrected chi connectivity index (χ4v) is 2.73. The average molecular weight is 284 g/mol. The molecule has 21 heavy (non-hydrogen) atoms. The number of benzene rings is 1. The highest BCUT2D eigenvalue weighted by atomic mass is 15.2. The highest BCUT2D eigenvalue weighted by molar-refractivity contribution is 5.78. The Bertz CT molecular complexity index is 576. The van der Waals surface area contributed by atoms with Crippen LogP contribution >= 0.6 is 0 Å². The molecular formula is C17H24N4. The average Bonchev–Trinajstić information content (AvgIpc) is 2.53. The number of hydrogen-bond acceptors (Lipinski definition) is 4. The van der Waals surface area contributed by atoms with Crippen LogP contribution < -0.4 is 5.32 Å². The molecule has 1 aromatic carbocycles. The highest BCUT2D eigenvalue weighted by Gasteiger charge is 2.12. The molecule has 4 heteroatoms. The predicted molar refractivity (Wildman–Crippen MR) is 87.4 cm³/mol. The van der Waals surface area contributed by atoms with E-state index < -0.39 is 0 Å². The maximum atomic E-state index is 4.69. The van der Waals surface area contributed by atoms with Crippen LogP contribution in [0.25, 0.3) is 10.9 Å². The number of likely N-dealkylation sites (N-methyl/N-ethyl adjacent to an activating group) is 1. The summed E-state index contributed by atoms with van der Waals surface area (Å²) in [5.74, 6) is 0. The molecule has 1 aromatic heterocycles. The third-order valence-electron chi connectivity index (χ3n) is 4.16. The SMILES string of the molecule is CN1CCN(CCNCc2ccc3ccccc3n2)CC1. The van der Waals surface area contributed by atoms with Crippen molar-refractivity contribution in [3.63, 3.8) is 0 Å². The van der Waals surface area contributed by atoms with Crippen LogP contribution in [0.5, 0.6) is 0 Å². The summed E-state index contributed by atoms with van der Waals surface area (Å²) in [7, 11) is 2.20. The second-order valence-electron chi connectivity index (χ2n) is 5.82. The van der Waals surface area contributed by atoms with Gasteiger partial charge in [0.25, 0.3) is 0 Å². The molecular weight excluding hydrogens is 260 g/mol. The number of fused-ring (bicyclic) bond motifs is 1. The topological polar surface area (TPSA) is 31.4 Å². The third kappa shape index (κ3) is 4.00. The van der Waals surface area contributed by atoms with E-state index in [2.05, 4.69) is 57.5 Å². The van der Waals surface area contributed by atoms with Gasteiger partial charge in [0.2, 0.25) is 0 Å². The predicted octanol–water partition coefficient (Wildman–Crippen LogP) is 1.57. The summed E-state index contributed by atoms with van der Waals surface area (Å²) in [6, 6.07) is 12.5. The molecule has 0 aliphatic carbocycles. The van der Waals surface area contributed by atoms with Crippen molar-refractivity contribution in [3.05, 3.63) is 42.1 Å². The quantitative estimate of drug-likeness (QED) is 0.845. The van der Waals surface area contributed by atoms with Crippen LogP contribution in [0.2, 0.25) is 0 Å². The van der Waals surface area contributed by atoms with Gasteiger partial charge in [-0.1, -0.05) is 24.3 Å². The van der Waals surface area contributed by atoms with E-state index in [-0.39, 0.29) is 0 Å². The maximum Gasteiger partial charge on any atom is 0.0705 e. The molecule has 1 aliphatic rings. The van der Waals surface area contributed by atoms with Gasteiger partial charge >= 0.3 is 0 Å². The Balaban J connectivity index is 1.44. The molecule has 0 atom stereocenters. The van der Waals surface area contributed by atoms with Gasteiger partial charge in [0.05, 0.1) is 11.2 Å². The Morgan fingerprint density at radius 2 is 1.86 bits per heavy atom. The first-order valence-electron chi connectivity index (χ1n) is 7.77. The lowest BCUT2D eigenvalue weighted by Crippen LogP contribution is -2.46. The number of nitrogens with one attached hydrogen (secondary N) is 1. The van der Waals surface area contributed by atoms with Crippen molar-refractivity contribution in [2.24, 2.45) is 0 Å². The Morgan fingerprint density at radius 1 is 1.05 bits per heavy atom. The summed E-state index contributed by atoms with van der Waals surface area (Å²) < 4.78 is 0. The van der Waals surface area contributed by atoms with Crippen LogP contribution in [0.4, 0.5) is 0 Å². The van der Waals surface area contributed by atoms with Crippen LogP contribution in [0, 0.1) is 0 Å². The fourth-order valence-electron chi connectivity index (χ4n) is 2.73. The number of rotatable bonds is 5. The fraction of sp³-hybridized carbons (Fsp3) is 0.471. The van der Waals surface area contributed by atoms with Crippen LogP contribution in [0.3, 0.4) is 0 Å². The van der Waals surface area contributed by atoms with E-state index in [0.717, 1.165) is 30.8 Å². The Hall–Kier alpha value is -1.49. The first kappa shape index (κ1) is 14.4. The van der Waals surface area contributed by atoms with Gasteiger partial charge in [0.15, 0.2) is 0 Å². The lowest BCUT2D eigenvalue weighted by Gasteiger charge is -2.32. The van der Waals surface area contributed by atoms with Gasteiger partial charge in [-0.05, 0) is 19.2 Å². The standard InChI is InChI=1S/C17H24N4/c1-20-10-12-21(13-11-20)9-8-18-14-16-7-6-15-4-2-3-5-17(15)19-16/h2-7,18H,8-14H2,1H3. The van der Waals surface area contributed by atoms with Crippen molar-refractivity contribution in [1.82, 2.24) is 20.1 Å². The summed E-state index contributed by atoms with van der Waals surface area (Å²) in [6.45, 7) is 7.75. The summed E-state index contributed by atoms with van der Waals surface area (Å²) in [4.78, 5) is 9.61. The monoisotopic (exact) mass is 284 g/mol. The molecule has 0 radical (unpaired) electrons. The Kier molecular flexibility index (Phi) is 4.80. The first-order valence-corrected chi connectivity index (χ1v) is 7.77. The smallest absolute Gasteiger partial charge is 0.0705 e. The number of hydrogen-bond donors (Lipinski definition) is 1. The van der Waals surface area contributed by atoms with Crippen molar-refractivity contribution in [2.75, 3.05) is 46.3 Å². The highest BCUT2D eigenvalue weighted by Crippen LogP contribution is 2.11. The van der Waals surface area contributed by atoms with Gasteiger partial charge < -0.3 is 10.2 Å². The maximum absolute atomic E-state index is 4.69. The Labute approximate surface area is 126 Å². The first-order chi connectivity index (χ1) is 10.3. The lowest BCUT2D eigenvalue weighted by atomic mass is 10.2. The van der Waals surface area contributed by atoms with E-state index in [0.29, 0.717) is 0 Å². The van der Waals surface area contributed by atoms with Gasteiger partial charge in [-0.3, -0.25) is 9.88 Å². The number of piperazine rings is 1. The van der Waals surface area contributed by atoms with Gasteiger partial charge in [-0.15, -0.1) is 0 Å². The van der Waals surface area contributed by atoms with Crippen LogP contribution in [-0.2, 0) is 6.54 Å². The zero-order valence-corrected chi connectivity index (χ0v) is 12.8. The van der Waals surface area contributed by atoms with E-state index in [1.165, 1.54) is 31.6 Å². The molecule has 0 bridgehead atoms. The molecule has 1 N–H and O–H groups in total. The molecule has 4 nitrogen and oxygen atoms in total.